The van der Waals surface area contributed by atoms with E-state index in [0.29, 0.717) is 49.9 Å². The zero-order chi connectivity index (χ0) is 18.5. The quantitative estimate of drug-likeness (QED) is 0.732. The van der Waals surface area contributed by atoms with E-state index in [1.165, 1.54) is 0 Å². The summed E-state index contributed by atoms with van der Waals surface area (Å²) >= 11 is 0. The lowest BCUT2D eigenvalue weighted by Crippen LogP contribution is -2.49. The van der Waals surface area contributed by atoms with Crippen molar-refractivity contribution in [2.45, 2.75) is 31.8 Å². The first-order valence-electron chi connectivity index (χ1n) is 9.00. The predicted octanol–water partition coefficient (Wildman–Crippen LogP) is 1.18. The monoisotopic (exact) mass is 362 g/mol. The average molecular weight is 362 g/mol. The van der Waals surface area contributed by atoms with E-state index in [9.17, 15) is 9.59 Å². The van der Waals surface area contributed by atoms with E-state index < -0.39 is 6.04 Å². The summed E-state index contributed by atoms with van der Waals surface area (Å²) in [6.45, 7) is 4.10. The summed E-state index contributed by atoms with van der Waals surface area (Å²) in [5.41, 5.74) is 0.620. The first kappa shape index (κ1) is 18.3. The molecule has 1 unspecified atom stereocenters. The molecule has 1 aromatic rings. The molecule has 2 aliphatic heterocycles. The van der Waals surface area contributed by atoms with Crippen LogP contribution in [0.2, 0.25) is 0 Å². The molecule has 0 saturated carbocycles. The lowest BCUT2D eigenvalue weighted by atomic mass is 10.2. The highest BCUT2D eigenvalue weighted by atomic mass is 16.6. The molecule has 8 nitrogen and oxygen atoms in total. The summed E-state index contributed by atoms with van der Waals surface area (Å²) < 4.78 is 11.0. The van der Waals surface area contributed by atoms with Crippen molar-refractivity contribution in [2.75, 3.05) is 38.7 Å². The molecule has 2 heterocycles. The third-order valence-corrected chi connectivity index (χ3v) is 4.69. The molecular weight excluding hydrogens is 336 g/mol. The SMILES string of the molecule is CNC(C)CNC(=O)[C@@H]1CCCN1C(=O)Nc1ccc2c(c1)OCCO2. The van der Waals surface area contributed by atoms with Crippen molar-refractivity contribution in [1.82, 2.24) is 15.5 Å². The van der Waals surface area contributed by atoms with E-state index in [4.69, 9.17) is 9.47 Å². The predicted molar refractivity (Wildman–Crippen MR) is 97.7 cm³/mol. The first-order chi connectivity index (χ1) is 12.6. The van der Waals surface area contributed by atoms with Gasteiger partial charge in [0.1, 0.15) is 19.3 Å². The van der Waals surface area contributed by atoms with Crippen LogP contribution in [0, 0.1) is 0 Å². The maximum absolute atomic E-state index is 12.6. The van der Waals surface area contributed by atoms with Crippen LogP contribution in [0.4, 0.5) is 10.5 Å². The number of urea groups is 1. The summed E-state index contributed by atoms with van der Waals surface area (Å²) in [5, 5.41) is 8.83. The van der Waals surface area contributed by atoms with Crippen LogP contribution in [0.15, 0.2) is 18.2 Å². The first-order valence-corrected chi connectivity index (χ1v) is 9.00. The van der Waals surface area contributed by atoms with Gasteiger partial charge in [-0.15, -0.1) is 0 Å². The fraction of sp³-hybridized carbons (Fsp3) is 0.556. The number of nitrogens with zero attached hydrogens (tertiary/aromatic N) is 1. The fourth-order valence-corrected chi connectivity index (χ4v) is 3.07. The fourth-order valence-electron chi connectivity index (χ4n) is 3.07. The molecular formula is C18H26N4O4. The molecule has 3 rings (SSSR count). The number of likely N-dealkylation sites (N-methyl/N-ethyl adjacent to an activating group) is 1. The summed E-state index contributed by atoms with van der Waals surface area (Å²) in [7, 11) is 1.85. The summed E-state index contributed by atoms with van der Waals surface area (Å²) in [6.07, 6.45) is 1.49. The standard InChI is InChI=1S/C18H26N4O4/c1-12(19-2)11-20-17(23)14-4-3-7-22(14)18(24)21-13-5-6-15-16(10-13)26-9-8-25-15/h5-6,10,12,14,19H,3-4,7-9,11H2,1-2H3,(H,20,23)(H,21,24)/t12?,14-/m0/s1. The van der Waals surface area contributed by atoms with Gasteiger partial charge >= 0.3 is 6.03 Å². The van der Waals surface area contributed by atoms with E-state index in [-0.39, 0.29) is 18.0 Å². The Labute approximate surface area is 153 Å². The molecule has 3 N–H and O–H groups in total. The number of carbonyl (C=O) groups excluding carboxylic acids is 2. The van der Waals surface area contributed by atoms with Crippen molar-refractivity contribution >= 4 is 17.6 Å². The summed E-state index contributed by atoms with van der Waals surface area (Å²) in [4.78, 5) is 26.7. The van der Waals surface area contributed by atoms with Gasteiger partial charge in [0.2, 0.25) is 5.91 Å². The van der Waals surface area contributed by atoms with Crippen LogP contribution in [-0.4, -0.2) is 62.3 Å². The Balaban J connectivity index is 1.60. The molecule has 2 atom stereocenters. The second-order valence-corrected chi connectivity index (χ2v) is 6.57. The molecule has 8 heteroatoms. The maximum Gasteiger partial charge on any atom is 0.322 e. The Morgan fingerprint density at radius 1 is 1.27 bits per heavy atom. The van der Waals surface area contributed by atoms with E-state index >= 15 is 0 Å². The number of amides is 3. The molecule has 142 valence electrons. The van der Waals surface area contributed by atoms with Crippen molar-refractivity contribution in [3.63, 3.8) is 0 Å². The van der Waals surface area contributed by atoms with Gasteiger partial charge in [-0.25, -0.2) is 4.79 Å². The van der Waals surface area contributed by atoms with Gasteiger partial charge in [-0.1, -0.05) is 0 Å². The number of hydrogen-bond acceptors (Lipinski definition) is 5. The van der Waals surface area contributed by atoms with Crippen LogP contribution in [0.5, 0.6) is 11.5 Å². The van der Waals surface area contributed by atoms with Crippen LogP contribution in [0.25, 0.3) is 0 Å². The third kappa shape index (κ3) is 4.19. The minimum atomic E-state index is -0.434. The number of benzene rings is 1. The van der Waals surface area contributed by atoms with Crippen molar-refractivity contribution < 1.29 is 19.1 Å². The van der Waals surface area contributed by atoms with Crippen molar-refractivity contribution in [1.29, 1.82) is 0 Å². The molecule has 0 radical (unpaired) electrons. The lowest BCUT2D eigenvalue weighted by molar-refractivity contribution is -0.124. The molecule has 2 aliphatic rings. The molecule has 0 aliphatic carbocycles. The second kappa shape index (κ2) is 8.27. The second-order valence-electron chi connectivity index (χ2n) is 6.57. The molecule has 1 saturated heterocycles. The smallest absolute Gasteiger partial charge is 0.322 e. The maximum atomic E-state index is 12.6. The largest absolute Gasteiger partial charge is 0.486 e. The Morgan fingerprint density at radius 2 is 2.04 bits per heavy atom. The van der Waals surface area contributed by atoms with E-state index in [2.05, 4.69) is 16.0 Å². The topological polar surface area (TPSA) is 91.9 Å². The van der Waals surface area contributed by atoms with Crippen molar-refractivity contribution in [3.05, 3.63) is 18.2 Å². The number of rotatable bonds is 5. The molecule has 0 spiro atoms. The normalized spacial score (nSPS) is 19.8. The average Bonchev–Trinajstić information content (AvgIpc) is 3.15. The van der Waals surface area contributed by atoms with Gasteiger partial charge in [0.05, 0.1) is 0 Å². The van der Waals surface area contributed by atoms with Crippen LogP contribution in [0.1, 0.15) is 19.8 Å². The Kier molecular flexibility index (Phi) is 5.82. The summed E-state index contributed by atoms with van der Waals surface area (Å²) in [6, 6.07) is 4.76. The van der Waals surface area contributed by atoms with Gasteiger partial charge in [-0.05, 0) is 38.9 Å². The van der Waals surface area contributed by atoms with Gasteiger partial charge in [0.15, 0.2) is 11.5 Å². The van der Waals surface area contributed by atoms with E-state index in [0.717, 1.165) is 6.42 Å². The van der Waals surface area contributed by atoms with Crippen LogP contribution in [0.3, 0.4) is 0 Å². The van der Waals surface area contributed by atoms with Crippen molar-refractivity contribution in [3.8, 4) is 11.5 Å². The molecule has 0 aromatic heterocycles. The van der Waals surface area contributed by atoms with Gasteiger partial charge < -0.3 is 30.3 Å². The Bertz CT molecular complexity index is 667. The van der Waals surface area contributed by atoms with Crippen LogP contribution >= 0.6 is 0 Å². The number of fused-ring (bicyclic) bond motifs is 1. The lowest BCUT2D eigenvalue weighted by Gasteiger charge is -2.25. The van der Waals surface area contributed by atoms with Gasteiger partial charge in [-0.3, -0.25) is 4.79 Å². The minimum Gasteiger partial charge on any atom is -0.486 e. The van der Waals surface area contributed by atoms with Gasteiger partial charge in [-0.2, -0.15) is 0 Å². The highest BCUT2D eigenvalue weighted by Gasteiger charge is 2.34. The molecule has 26 heavy (non-hydrogen) atoms. The zero-order valence-corrected chi connectivity index (χ0v) is 15.2. The number of anilines is 1. The minimum absolute atomic E-state index is 0.109. The van der Waals surface area contributed by atoms with Crippen LogP contribution in [-0.2, 0) is 4.79 Å². The molecule has 3 amide bonds. The Morgan fingerprint density at radius 3 is 2.81 bits per heavy atom. The van der Waals surface area contributed by atoms with E-state index in [1.807, 2.05) is 14.0 Å². The highest BCUT2D eigenvalue weighted by molar-refractivity contribution is 5.94. The zero-order valence-electron chi connectivity index (χ0n) is 15.2. The molecule has 1 fully saturated rings. The molecule has 1 aromatic carbocycles. The number of nitrogens with one attached hydrogen (secondary N) is 3. The number of hydrogen-bond donors (Lipinski definition) is 3. The van der Waals surface area contributed by atoms with E-state index in [1.54, 1.807) is 23.1 Å². The van der Waals surface area contributed by atoms with Crippen molar-refractivity contribution in [2.24, 2.45) is 0 Å². The number of ether oxygens (including phenoxy) is 2. The van der Waals surface area contributed by atoms with Crippen LogP contribution < -0.4 is 25.4 Å². The highest BCUT2D eigenvalue weighted by Crippen LogP contribution is 2.32. The van der Waals surface area contributed by atoms with Gasteiger partial charge in [0.25, 0.3) is 0 Å². The molecule has 0 bridgehead atoms. The number of carbonyl (C=O) groups is 2. The van der Waals surface area contributed by atoms with Gasteiger partial charge in [0, 0.05) is 30.9 Å². The summed E-state index contributed by atoms with van der Waals surface area (Å²) in [5.74, 6) is 1.18. The third-order valence-electron chi connectivity index (χ3n) is 4.69. The number of likely N-dealkylation sites (tertiary alicyclic amines) is 1. The Hall–Kier alpha value is -2.48.